The van der Waals surface area contributed by atoms with Gasteiger partial charge < -0.3 is 10.5 Å². The van der Waals surface area contributed by atoms with Crippen LogP contribution in [0.25, 0.3) is 0 Å². The molecule has 2 N–H and O–H groups in total. The van der Waals surface area contributed by atoms with Crippen LogP contribution in [0.3, 0.4) is 0 Å². The van der Waals surface area contributed by atoms with Crippen molar-refractivity contribution in [3.8, 4) is 0 Å². The molecular weight excluding hydrogens is 190 g/mol. The van der Waals surface area contributed by atoms with Gasteiger partial charge in [-0.15, -0.1) is 0 Å². The van der Waals surface area contributed by atoms with Crippen LogP contribution in [-0.4, -0.2) is 19.1 Å². The van der Waals surface area contributed by atoms with E-state index in [0.29, 0.717) is 6.61 Å². The van der Waals surface area contributed by atoms with Crippen molar-refractivity contribution in [1.29, 1.82) is 0 Å². The summed E-state index contributed by atoms with van der Waals surface area (Å²) < 4.78 is 5.44. The van der Waals surface area contributed by atoms with Gasteiger partial charge in [-0.25, -0.2) is 0 Å². The summed E-state index contributed by atoms with van der Waals surface area (Å²) in [6.45, 7) is 6.99. The highest BCUT2D eigenvalue weighted by molar-refractivity contribution is 5.80. The number of nitrogens with two attached hydrogens (primary N) is 1. The zero-order valence-electron chi connectivity index (χ0n) is 10.3. The molecule has 0 aromatic rings. The maximum absolute atomic E-state index is 11.0. The predicted molar refractivity (Wildman–Crippen MR) is 62.6 cm³/mol. The molecule has 0 aromatic heterocycles. The third-order valence-corrected chi connectivity index (χ3v) is 2.52. The normalized spacial score (nSPS) is 11.7. The van der Waals surface area contributed by atoms with Crippen LogP contribution in [-0.2, 0) is 9.53 Å². The Balaban J connectivity index is 3.35. The molecule has 0 fully saturated rings. The second-order valence-corrected chi connectivity index (χ2v) is 4.71. The van der Waals surface area contributed by atoms with E-state index in [-0.39, 0.29) is 5.91 Å². The van der Waals surface area contributed by atoms with Crippen LogP contribution in [0.15, 0.2) is 0 Å². The Morgan fingerprint density at radius 1 is 1.20 bits per heavy atom. The number of unbranched alkanes of at least 4 members (excludes halogenated alkanes) is 4. The molecule has 0 rings (SSSR count). The van der Waals surface area contributed by atoms with E-state index in [0.717, 1.165) is 13.0 Å². The summed E-state index contributed by atoms with van der Waals surface area (Å²) in [4.78, 5) is 11.0. The SMILES string of the molecule is CCCCCCCOCC(C)(C)C(N)=O. The number of rotatable bonds is 9. The summed E-state index contributed by atoms with van der Waals surface area (Å²) in [5.41, 5.74) is 4.69. The highest BCUT2D eigenvalue weighted by Gasteiger charge is 2.24. The third kappa shape index (κ3) is 7.37. The van der Waals surface area contributed by atoms with Crippen molar-refractivity contribution in [3.63, 3.8) is 0 Å². The maximum atomic E-state index is 11.0. The quantitative estimate of drug-likeness (QED) is 0.601. The minimum atomic E-state index is -0.538. The Kier molecular flexibility index (Phi) is 7.39. The standard InChI is InChI=1S/C12H25NO2/c1-4-5-6-7-8-9-15-10-12(2,3)11(13)14/h4-10H2,1-3H3,(H2,13,14). The molecule has 90 valence electrons. The van der Waals surface area contributed by atoms with E-state index < -0.39 is 5.41 Å². The topological polar surface area (TPSA) is 52.3 Å². The molecule has 0 spiro atoms. The molecule has 15 heavy (non-hydrogen) atoms. The van der Waals surface area contributed by atoms with Crippen LogP contribution in [0.4, 0.5) is 0 Å². The van der Waals surface area contributed by atoms with Crippen molar-refractivity contribution < 1.29 is 9.53 Å². The Morgan fingerprint density at radius 2 is 1.80 bits per heavy atom. The summed E-state index contributed by atoms with van der Waals surface area (Å²) in [6, 6.07) is 0. The van der Waals surface area contributed by atoms with Gasteiger partial charge in [-0.3, -0.25) is 4.79 Å². The lowest BCUT2D eigenvalue weighted by atomic mass is 9.94. The average molecular weight is 215 g/mol. The van der Waals surface area contributed by atoms with Gasteiger partial charge >= 0.3 is 0 Å². The fraction of sp³-hybridized carbons (Fsp3) is 0.917. The largest absolute Gasteiger partial charge is 0.380 e. The maximum Gasteiger partial charge on any atom is 0.225 e. The van der Waals surface area contributed by atoms with E-state index in [9.17, 15) is 4.79 Å². The van der Waals surface area contributed by atoms with Crippen LogP contribution >= 0.6 is 0 Å². The average Bonchev–Trinajstić information content (AvgIpc) is 2.16. The first kappa shape index (κ1) is 14.4. The molecule has 0 aliphatic heterocycles. The second kappa shape index (κ2) is 7.69. The molecule has 3 nitrogen and oxygen atoms in total. The van der Waals surface area contributed by atoms with Gasteiger partial charge in [0, 0.05) is 6.61 Å². The lowest BCUT2D eigenvalue weighted by molar-refractivity contribution is -0.129. The molecule has 1 amide bonds. The number of ether oxygens (including phenoxy) is 1. The van der Waals surface area contributed by atoms with Crippen molar-refractivity contribution in [1.82, 2.24) is 0 Å². The van der Waals surface area contributed by atoms with Crippen LogP contribution in [0.2, 0.25) is 0 Å². The molecule has 0 saturated carbocycles. The van der Waals surface area contributed by atoms with Crippen molar-refractivity contribution >= 4 is 5.91 Å². The lowest BCUT2D eigenvalue weighted by Crippen LogP contribution is -2.35. The molecule has 0 atom stereocenters. The number of carbonyl (C=O) groups excluding carboxylic acids is 1. The molecule has 0 aliphatic rings. The van der Waals surface area contributed by atoms with E-state index >= 15 is 0 Å². The van der Waals surface area contributed by atoms with Gasteiger partial charge in [-0.1, -0.05) is 32.6 Å². The van der Waals surface area contributed by atoms with Gasteiger partial charge in [0.25, 0.3) is 0 Å². The number of carbonyl (C=O) groups is 1. The van der Waals surface area contributed by atoms with Gasteiger partial charge in [0.1, 0.15) is 0 Å². The molecule has 0 unspecified atom stereocenters. The first-order chi connectivity index (χ1) is 7.00. The molecule has 3 heteroatoms. The summed E-state index contributed by atoms with van der Waals surface area (Å²) in [7, 11) is 0. The van der Waals surface area contributed by atoms with Crippen molar-refractivity contribution in [2.24, 2.45) is 11.1 Å². The molecule has 0 saturated heterocycles. The van der Waals surface area contributed by atoms with Gasteiger partial charge in [-0.2, -0.15) is 0 Å². The van der Waals surface area contributed by atoms with E-state index in [1.807, 2.05) is 13.8 Å². The van der Waals surface area contributed by atoms with Crippen LogP contribution in [0, 0.1) is 5.41 Å². The van der Waals surface area contributed by atoms with E-state index in [4.69, 9.17) is 10.5 Å². The van der Waals surface area contributed by atoms with Gasteiger partial charge in [0.05, 0.1) is 12.0 Å². The zero-order valence-corrected chi connectivity index (χ0v) is 10.3. The lowest BCUT2D eigenvalue weighted by Gasteiger charge is -2.19. The fourth-order valence-corrected chi connectivity index (χ4v) is 1.21. The Labute approximate surface area is 93.4 Å². The van der Waals surface area contributed by atoms with Crippen molar-refractivity contribution in [3.05, 3.63) is 0 Å². The van der Waals surface area contributed by atoms with E-state index in [1.165, 1.54) is 25.7 Å². The Morgan fingerprint density at radius 3 is 2.33 bits per heavy atom. The molecule has 0 aliphatic carbocycles. The van der Waals surface area contributed by atoms with E-state index in [1.54, 1.807) is 0 Å². The minimum absolute atomic E-state index is 0.298. The first-order valence-electron chi connectivity index (χ1n) is 5.88. The Bertz CT molecular complexity index is 178. The summed E-state index contributed by atoms with van der Waals surface area (Å²) in [5, 5.41) is 0. The first-order valence-corrected chi connectivity index (χ1v) is 5.88. The minimum Gasteiger partial charge on any atom is -0.380 e. The summed E-state index contributed by atoms with van der Waals surface area (Å²) in [5.74, 6) is -0.298. The molecule has 0 radical (unpaired) electrons. The van der Waals surface area contributed by atoms with Crippen molar-refractivity contribution in [2.75, 3.05) is 13.2 Å². The second-order valence-electron chi connectivity index (χ2n) is 4.71. The molecule has 0 aromatic carbocycles. The number of hydrogen-bond acceptors (Lipinski definition) is 2. The smallest absolute Gasteiger partial charge is 0.225 e. The van der Waals surface area contributed by atoms with Crippen LogP contribution in [0.1, 0.15) is 52.9 Å². The van der Waals surface area contributed by atoms with E-state index in [2.05, 4.69) is 6.92 Å². The molecule has 0 heterocycles. The van der Waals surface area contributed by atoms with Gasteiger partial charge in [0.15, 0.2) is 0 Å². The number of primary amides is 1. The monoisotopic (exact) mass is 215 g/mol. The van der Waals surface area contributed by atoms with Crippen LogP contribution < -0.4 is 5.73 Å². The Hall–Kier alpha value is -0.570. The van der Waals surface area contributed by atoms with Gasteiger partial charge in [-0.05, 0) is 20.3 Å². The number of hydrogen-bond donors (Lipinski definition) is 1. The third-order valence-electron chi connectivity index (χ3n) is 2.52. The summed E-state index contributed by atoms with van der Waals surface area (Å²) in [6.07, 6.45) is 6.13. The summed E-state index contributed by atoms with van der Waals surface area (Å²) >= 11 is 0. The highest BCUT2D eigenvalue weighted by atomic mass is 16.5. The highest BCUT2D eigenvalue weighted by Crippen LogP contribution is 2.14. The van der Waals surface area contributed by atoms with Gasteiger partial charge in [0.2, 0.25) is 5.91 Å². The zero-order chi connectivity index (χ0) is 11.7. The predicted octanol–water partition coefficient (Wildman–Crippen LogP) is 2.48. The molecular formula is C12H25NO2. The molecule has 0 bridgehead atoms. The van der Waals surface area contributed by atoms with Crippen molar-refractivity contribution in [2.45, 2.75) is 52.9 Å². The van der Waals surface area contributed by atoms with Crippen LogP contribution in [0.5, 0.6) is 0 Å². The fourth-order valence-electron chi connectivity index (χ4n) is 1.21. The number of amides is 1.